The van der Waals surface area contributed by atoms with Crippen molar-refractivity contribution < 1.29 is 0 Å². The lowest BCUT2D eigenvalue weighted by molar-refractivity contribution is 0.604. The molecule has 0 aliphatic rings. The zero-order valence-corrected chi connectivity index (χ0v) is 8.33. The highest BCUT2D eigenvalue weighted by Gasteiger charge is 2.04. The predicted molar refractivity (Wildman–Crippen MR) is 56.7 cm³/mol. The standard InChI is InChI=1S/C9H15N3.ClH/c10-6-3-4-8(11)9-5-1-2-7-12-9;/h1-2,5,7-8H,3-4,6,10-11H2;1H/t8-;/m0./s1. The van der Waals surface area contributed by atoms with Gasteiger partial charge in [-0.15, -0.1) is 12.4 Å². The van der Waals surface area contributed by atoms with Crippen LogP contribution in [0.3, 0.4) is 0 Å². The average molecular weight is 202 g/mol. The fourth-order valence-electron chi connectivity index (χ4n) is 1.08. The number of pyridine rings is 1. The molecule has 0 aliphatic carbocycles. The molecule has 1 rings (SSSR count). The third-order valence-corrected chi connectivity index (χ3v) is 1.79. The summed E-state index contributed by atoms with van der Waals surface area (Å²) in [5.41, 5.74) is 12.2. The van der Waals surface area contributed by atoms with E-state index in [1.807, 2.05) is 18.2 Å². The first-order chi connectivity index (χ1) is 5.84. The van der Waals surface area contributed by atoms with Crippen LogP contribution in [0.4, 0.5) is 0 Å². The minimum atomic E-state index is 0. The summed E-state index contributed by atoms with van der Waals surface area (Å²) in [5.74, 6) is 0. The number of rotatable bonds is 4. The Morgan fingerprint density at radius 3 is 2.69 bits per heavy atom. The molecule has 4 N–H and O–H groups in total. The Kier molecular flexibility index (Phi) is 6.49. The first-order valence-electron chi connectivity index (χ1n) is 4.21. The van der Waals surface area contributed by atoms with Crippen molar-refractivity contribution >= 4 is 12.4 Å². The molecule has 0 aliphatic heterocycles. The topological polar surface area (TPSA) is 64.9 Å². The summed E-state index contributed by atoms with van der Waals surface area (Å²) in [6.07, 6.45) is 3.63. The lowest BCUT2D eigenvalue weighted by atomic mass is 10.1. The summed E-state index contributed by atoms with van der Waals surface area (Å²) in [7, 11) is 0. The molecule has 0 amide bonds. The molecular weight excluding hydrogens is 186 g/mol. The average Bonchev–Trinajstić information content (AvgIpc) is 2.15. The predicted octanol–water partition coefficient (Wildman–Crippen LogP) is 1.24. The Hall–Kier alpha value is -0.640. The Morgan fingerprint density at radius 1 is 1.38 bits per heavy atom. The van der Waals surface area contributed by atoms with E-state index in [1.54, 1.807) is 6.20 Å². The summed E-state index contributed by atoms with van der Waals surface area (Å²) >= 11 is 0. The second kappa shape index (κ2) is 6.83. The largest absolute Gasteiger partial charge is 0.330 e. The van der Waals surface area contributed by atoms with E-state index in [0.29, 0.717) is 6.54 Å². The van der Waals surface area contributed by atoms with Gasteiger partial charge in [-0.2, -0.15) is 0 Å². The number of nitrogens with zero attached hydrogens (tertiary/aromatic N) is 1. The molecule has 0 saturated heterocycles. The van der Waals surface area contributed by atoms with Crippen LogP contribution >= 0.6 is 12.4 Å². The van der Waals surface area contributed by atoms with E-state index in [-0.39, 0.29) is 18.4 Å². The Bertz CT molecular complexity index is 215. The van der Waals surface area contributed by atoms with Crippen LogP contribution in [0.1, 0.15) is 24.6 Å². The van der Waals surface area contributed by atoms with E-state index < -0.39 is 0 Å². The molecule has 0 aromatic carbocycles. The van der Waals surface area contributed by atoms with Gasteiger partial charge in [0.2, 0.25) is 0 Å². The van der Waals surface area contributed by atoms with Crippen LogP contribution in [-0.4, -0.2) is 11.5 Å². The molecular formula is C9H16ClN3. The van der Waals surface area contributed by atoms with Crippen molar-refractivity contribution in [2.75, 3.05) is 6.54 Å². The highest BCUT2D eigenvalue weighted by Crippen LogP contribution is 2.11. The lowest BCUT2D eigenvalue weighted by Gasteiger charge is -2.08. The van der Waals surface area contributed by atoms with Gasteiger partial charge < -0.3 is 11.5 Å². The fourth-order valence-corrected chi connectivity index (χ4v) is 1.08. The van der Waals surface area contributed by atoms with Crippen LogP contribution in [0, 0.1) is 0 Å². The second-order valence-corrected chi connectivity index (χ2v) is 2.79. The molecule has 4 heteroatoms. The second-order valence-electron chi connectivity index (χ2n) is 2.79. The smallest absolute Gasteiger partial charge is 0.0570 e. The number of aromatic nitrogens is 1. The first-order valence-corrected chi connectivity index (χ1v) is 4.21. The van der Waals surface area contributed by atoms with Gasteiger partial charge in [0.15, 0.2) is 0 Å². The zero-order valence-electron chi connectivity index (χ0n) is 7.52. The minimum absolute atomic E-state index is 0. The van der Waals surface area contributed by atoms with E-state index in [4.69, 9.17) is 11.5 Å². The molecule has 1 aromatic heterocycles. The van der Waals surface area contributed by atoms with Crippen molar-refractivity contribution in [1.82, 2.24) is 4.98 Å². The highest BCUT2D eigenvalue weighted by atomic mass is 35.5. The molecule has 0 unspecified atom stereocenters. The molecule has 0 radical (unpaired) electrons. The van der Waals surface area contributed by atoms with E-state index in [1.165, 1.54) is 0 Å². The monoisotopic (exact) mass is 201 g/mol. The van der Waals surface area contributed by atoms with E-state index in [9.17, 15) is 0 Å². The van der Waals surface area contributed by atoms with Gasteiger partial charge in [-0.05, 0) is 31.5 Å². The third-order valence-electron chi connectivity index (χ3n) is 1.79. The van der Waals surface area contributed by atoms with Crippen molar-refractivity contribution in [3.63, 3.8) is 0 Å². The first kappa shape index (κ1) is 12.4. The minimum Gasteiger partial charge on any atom is -0.330 e. The zero-order chi connectivity index (χ0) is 8.81. The number of hydrogen-bond acceptors (Lipinski definition) is 3. The Morgan fingerprint density at radius 2 is 2.15 bits per heavy atom. The van der Waals surface area contributed by atoms with Crippen molar-refractivity contribution in [2.24, 2.45) is 11.5 Å². The van der Waals surface area contributed by atoms with Gasteiger partial charge in [-0.1, -0.05) is 6.07 Å². The van der Waals surface area contributed by atoms with E-state index in [0.717, 1.165) is 18.5 Å². The fraction of sp³-hybridized carbons (Fsp3) is 0.444. The van der Waals surface area contributed by atoms with Gasteiger partial charge in [-0.25, -0.2) is 0 Å². The molecule has 13 heavy (non-hydrogen) atoms. The van der Waals surface area contributed by atoms with Crippen molar-refractivity contribution in [3.05, 3.63) is 30.1 Å². The van der Waals surface area contributed by atoms with E-state index >= 15 is 0 Å². The van der Waals surface area contributed by atoms with E-state index in [2.05, 4.69) is 4.98 Å². The van der Waals surface area contributed by atoms with Crippen LogP contribution in [0.2, 0.25) is 0 Å². The number of nitrogens with two attached hydrogens (primary N) is 2. The summed E-state index contributed by atoms with van der Waals surface area (Å²) < 4.78 is 0. The Balaban J connectivity index is 0.00000144. The molecule has 3 nitrogen and oxygen atoms in total. The van der Waals surface area contributed by atoms with Gasteiger partial charge in [0.25, 0.3) is 0 Å². The van der Waals surface area contributed by atoms with Gasteiger partial charge >= 0.3 is 0 Å². The maximum absolute atomic E-state index is 5.86. The quantitative estimate of drug-likeness (QED) is 0.771. The molecule has 0 spiro atoms. The van der Waals surface area contributed by atoms with Gasteiger partial charge in [0.1, 0.15) is 0 Å². The summed E-state index contributed by atoms with van der Waals surface area (Å²) in [4.78, 5) is 4.17. The molecule has 0 saturated carbocycles. The number of hydrogen-bond donors (Lipinski definition) is 2. The van der Waals surface area contributed by atoms with Crippen molar-refractivity contribution in [3.8, 4) is 0 Å². The molecule has 1 aromatic rings. The maximum Gasteiger partial charge on any atom is 0.0570 e. The van der Waals surface area contributed by atoms with Crippen LogP contribution in [0.15, 0.2) is 24.4 Å². The maximum atomic E-state index is 5.86. The van der Waals surface area contributed by atoms with Gasteiger partial charge in [0, 0.05) is 12.2 Å². The van der Waals surface area contributed by atoms with Gasteiger partial charge in [0.05, 0.1) is 5.69 Å². The van der Waals surface area contributed by atoms with Crippen LogP contribution in [0.5, 0.6) is 0 Å². The van der Waals surface area contributed by atoms with Gasteiger partial charge in [-0.3, -0.25) is 4.98 Å². The number of halogens is 1. The van der Waals surface area contributed by atoms with Crippen molar-refractivity contribution in [2.45, 2.75) is 18.9 Å². The third kappa shape index (κ3) is 4.22. The molecule has 1 atom stereocenters. The van der Waals surface area contributed by atoms with Crippen LogP contribution in [-0.2, 0) is 0 Å². The highest BCUT2D eigenvalue weighted by molar-refractivity contribution is 5.85. The van der Waals surface area contributed by atoms with Crippen LogP contribution < -0.4 is 11.5 Å². The lowest BCUT2D eigenvalue weighted by Crippen LogP contribution is -2.13. The Labute approximate surface area is 84.9 Å². The summed E-state index contributed by atoms with van der Waals surface area (Å²) in [6.45, 7) is 0.695. The molecule has 1 heterocycles. The normalized spacial score (nSPS) is 11.8. The SMILES string of the molecule is Cl.NCCC[C@H](N)c1ccccn1. The molecule has 0 bridgehead atoms. The molecule has 0 fully saturated rings. The molecule has 74 valence electrons. The van der Waals surface area contributed by atoms with Crippen LogP contribution in [0.25, 0.3) is 0 Å². The summed E-state index contributed by atoms with van der Waals surface area (Å²) in [6, 6.07) is 5.82. The summed E-state index contributed by atoms with van der Waals surface area (Å²) in [5, 5.41) is 0. The van der Waals surface area contributed by atoms with Crippen molar-refractivity contribution in [1.29, 1.82) is 0 Å².